The van der Waals surface area contributed by atoms with Gasteiger partial charge in [-0.1, -0.05) is 23.1 Å². The van der Waals surface area contributed by atoms with Gasteiger partial charge in [-0.05, 0) is 18.2 Å². The number of aromatic amines is 1. The molecule has 3 heterocycles. The van der Waals surface area contributed by atoms with Crippen molar-refractivity contribution in [3.8, 4) is 0 Å². The van der Waals surface area contributed by atoms with Gasteiger partial charge in [0.2, 0.25) is 0 Å². The van der Waals surface area contributed by atoms with Crippen LogP contribution in [0.3, 0.4) is 0 Å². The van der Waals surface area contributed by atoms with E-state index < -0.39 is 50.8 Å². The van der Waals surface area contributed by atoms with Gasteiger partial charge in [-0.15, -0.1) is 20.4 Å². The van der Waals surface area contributed by atoms with Crippen molar-refractivity contribution in [2.75, 3.05) is 11.5 Å². The molecule has 0 amide bonds. The van der Waals surface area contributed by atoms with Crippen molar-refractivity contribution < 1.29 is 39.3 Å². The van der Waals surface area contributed by atoms with E-state index in [1.807, 2.05) is 5.10 Å². The molecule has 0 aliphatic rings. The number of hydrogen-bond donors (Lipinski definition) is 2. The Balaban J connectivity index is 1.71. The number of imidazole rings is 1. The van der Waals surface area contributed by atoms with E-state index in [2.05, 4.69) is 25.4 Å². The molecular weight excluding hydrogens is 536 g/mol. The van der Waals surface area contributed by atoms with Gasteiger partial charge in [-0.3, -0.25) is 9.65 Å². The third-order valence-electron chi connectivity index (χ3n) is 4.14. The van der Waals surface area contributed by atoms with Crippen LogP contribution in [-0.2, 0) is 22.5 Å². The standard InChI is InChI=1S/C15H9F6N7O3S3/c16-14(17,18)6-1-2-7-8(5-6)28-11(22-7)9(10(27-28)15(19,20)21)23-24-12-25-26-13(33-12)32-3-4-34(29,30)31/h1-2,5,27H,3-4H2,(H,29,30,31). The molecule has 0 aliphatic carbocycles. The Morgan fingerprint density at radius 1 is 1.12 bits per heavy atom. The molecule has 0 saturated heterocycles. The first-order chi connectivity index (χ1) is 15.7. The van der Waals surface area contributed by atoms with E-state index in [1.54, 1.807) is 0 Å². The highest BCUT2D eigenvalue weighted by Crippen LogP contribution is 2.41. The number of alkyl halides is 6. The molecule has 0 spiro atoms. The molecule has 0 aliphatic heterocycles. The number of hydrogen-bond acceptors (Lipinski definition) is 9. The fraction of sp³-hybridized carbons (Fsp3) is 0.267. The van der Waals surface area contributed by atoms with E-state index >= 15 is 0 Å². The number of nitrogens with one attached hydrogen (secondary N) is 1. The molecule has 0 bridgehead atoms. The largest absolute Gasteiger partial charge is 0.435 e. The number of aromatic nitrogens is 5. The van der Waals surface area contributed by atoms with Crippen LogP contribution in [0.1, 0.15) is 11.3 Å². The van der Waals surface area contributed by atoms with Gasteiger partial charge in [0, 0.05) is 5.75 Å². The van der Waals surface area contributed by atoms with Crippen LogP contribution in [0.25, 0.3) is 16.7 Å². The number of azo groups is 1. The van der Waals surface area contributed by atoms with E-state index in [9.17, 15) is 34.8 Å². The Kier molecular flexibility index (Phi) is 6.07. The molecule has 4 rings (SSSR count). The van der Waals surface area contributed by atoms with Crippen molar-refractivity contribution in [1.82, 2.24) is 24.8 Å². The molecule has 0 radical (unpaired) electrons. The summed E-state index contributed by atoms with van der Waals surface area (Å²) in [7, 11) is -4.18. The van der Waals surface area contributed by atoms with Crippen molar-refractivity contribution in [2.24, 2.45) is 10.2 Å². The van der Waals surface area contributed by atoms with Crippen LogP contribution >= 0.6 is 23.1 Å². The monoisotopic (exact) mass is 545 g/mol. The lowest BCUT2D eigenvalue weighted by Crippen LogP contribution is -2.07. The van der Waals surface area contributed by atoms with Crippen LogP contribution in [0.15, 0.2) is 32.8 Å². The number of benzene rings is 1. The predicted molar refractivity (Wildman–Crippen MR) is 108 cm³/mol. The summed E-state index contributed by atoms with van der Waals surface area (Å²) in [4.78, 5) is 3.95. The van der Waals surface area contributed by atoms with Gasteiger partial charge >= 0.3 is 12.4 Å². The van der Waals surface area contributed by atoms with Crippen molar-refractivity contribution in [1.29, 1.82) is 0 Å². The minimum Gasteiger partial charge on any atom is -0.286 e. The molecule has 182 valence electrons. The predicted octanol–water partition coefficient (Wildman–Crippen LogP) is 5.10. The van der Waals surface area contributed by atoms with Crippen molar-refractivity contribution in [3.05, 3.63) is 29.5 Å². The third kappa shape index (κ3) is 5.15. The van der Waals surface area contributed by atoms with E-state index in [4.69, 9.17) is 4.55 Å². The van der Waals surface area contributed by atoms with Crippen molar-refractivity contribution >= 4 is 60.7 Å². The molecule has 0 saturated carbocycles. The number of halogens is 6. The lowest BCUT2D eigenvalue weighted by molar-refractivity contribution is -0.141. The summed E-state index contributed by atoms with van der Waals surface area (Å²) in [5.74, 6) is -0.601. The first-order valence-electron chi connectivity index (χ1n) is 8.74. The van der Waals surface area contributed by atoms with Crippen molar-refractivity contribution in [2.45, 2.75) is 16.7 Å². The number of fused-ring (bicyclic) bond motifs is 3. The Morgan fingerprint density at radius 3 is 2.50 bits per heavy atom. The maximum Gasteiger partial charge on any atom is 0.435 e. The first kappa shape index (κ1) is 24.4. The molecule has 2 N–H and O–H groups in total. The van der Waals surface area contributed by atoms with Crippen LogP contribution in [0.2, 0.25) is 0 Å². The molecule has 1 aromatic carbocycles. The fourth-order valence-corrected chi connectivity index (χ4v) is 5.28. The molecule has 4 aromatic rings. The number of nitrogens with zero attached hydrogens (tertiary/aromatic N) is 6. The Labute approximate surface area is 192 Å². The van der Waals surface area contributed by atoms with Crippen LogP contribution in [0.5, 0.6) is 0 Å². The van der Waals surface area contributed by atoms with Crippen LogP contribution < -0.4 is 0 Å². The number of rotatable bonds is 6. The summed E-state index contributed by atoms with van der Waals surface area (Å²) < 4.78 is 111. The highest BCUT2D eigenvalue weighted by atomic mass is 32.2. The van der Waals surface area contributed by atoms with Crippen LogP contribution in [0.4, 0.5) is 37.2 Å². The Bertz CT molecular complexity index is 1500. The lowest BCUT2D eigenvalue weighted by Gasteiger charge is -2.06. The zero-order valence-electron chi connectivity index (χ0n) is 16.1. The number of thioether (sulfide) groups is 1. The van der Waals surface area contributed by atoms with Crippen LogP contribution in [0, 0.1) is 0 Å². The summed E-state index contributed by atoms with van der Waals surface area (Å²) >= 11 is 1.71. The summed E-state index contributed by atoms with van der Waals surface area (Å²) in [6.07, 6.45) is -9.67. The van der Waals surface area contributed by atoms with Gasteiger partial charge in [0.1, 0.15) is 0 Å². The Hall–Kier alpha value is -2.77. The molecule has 0 atom stereocenters. The van der Waals surface area contributed by atoms with Gasteiger partial charge in [0.25, 0.3) is 15.2 Å². The highest BCUT2D eigenvalue weighted by Gasteiger charge is 2.39. The smallest absolute Gasteiger partial charge is 0.286 e. The minimum absolute atomic E-state index is 0.00198. The third-order valence-corrected chi connectivity index (χ3v) is 7.06. The second kappa shape index (κ2) is 8.47. The maximum atomic E-state index is 13.5. The van der Waals surface area contributed by atoms with Gasteiger partial charge < -0.3 is 0 Å². The average Bonchev–Trinajstić information content (AvgIpc) is 3.37. The topological polar surface area (TPSA) is 138 Å². The summed E-state index contributed by atoms with van der Waals surface area (Å²) in [5, 5.41) is 16.3. The second-order valence-corrected chi connectivity index (χ2v) is 10.4. The molecule has 0 unspecified atom stereocenters. The van der Waals surface area contributed by atoms with Crippen molar-refractivity contribution in [3.63, 3.8) is 0 Å². The van der Waals surface area contributed by atoms with Crippen LogP contribution in [-0.4, -0.2) is 49.3 Å². The fourth-order valence-electron chi connectivity index (χ4n) is 2.72. The minimum atomic E-state index is -4.96. The van der Waals surface area contributed by atoms with Gasteiger partial charge in [0.05, 0.1) is 22.3 Å². The van der Waals surface area contributed by atoms with E-state index in [1.165, 1.54) is 0 Å². The SMILES string of the molecule is O=S(=O)(O)CCSc1nnc(N=Nc2c(C(F)(F)F)[nH]n3c2nc2ccc(C(F)(F)F)cc23)s1. The molecule has 19 heteroatoms. The van der Waals surface area contributed by atoms with Gasteiger partial charge in [0.15, 0.2) is 21.4 Å². The first-order valence-corrected chi connectivity index (χ1v) is 12.2. The van der Waals surface area contributed by atoms with E-state index in [-0.39, 0.29) is 26.3 Å². The zero-order valence-corrected chi connectivity index (χ0v) is 18.5. The summed E-state index contributed by atoms with van der Waals surface area (Å²) in [5.41, 5.74) is -3.87. The highest BCUT2D eigenvalue weighted by molar-refractivity contribution is 8.01. The molecule has 0 fully saturated rings. The molecule has 10 nitrogen and oxygen atoms in total. The summed E-state index contributed by atoms with van der Waals surface area (Å²) in [6.45, 7) is 0. The summed E-state index contributed by atoms with van der Waals surface area (Å²) in [6, 6.07) is 2.44. The normalized spacial score (nSPS) is 13.6. The molecule has 34 heavy (non-hydrogen) atoms. The van der Waals surface area contributed by atoms with E-state index in [0.717, 1.165) is 39.7 Å². The van der Waals surface area contributed by atoms with E-state index in [0.29, 0.717) is 6.07 Å². The molecular formula is C15H9F6N7O3S3. The lowest BCUT2D eigenvalue weighted by atomic mass is 10.2. The maximum absolute atomic E-state index is 13.5. The second-order valence-electron chi connectivity index (χ2n) is 6.49. The Morgan fingerprint density at radius 2 is 1.85 bits per heavy atom. The average molecular weight is 545 g/mol. The quantitative estimate of drug-likeness (QED) is 0.149. The van der Waals surface area contributed by atoms with Gasteiger partial charge in [-0.2, -0.15) is 34.8 Å². The van der Waals surface area contributed by atoms with Gasteiger partial charge in [-0.25, -0.2) is 9.50 Å². The number of H-pyrrole nitrogens is 1. The molecule has 3 aromatic heterocycles. The zero-order chi connectivity index (χ0) is 24.9.